The zero-order valence-corrected chi connectivity index (χ0v) is 17.1. The molecule has 1 N–H and O–H groups in total. The Hall–Kier alpha value is -3.73. The number of aromatic nitrogens is 3. The molecule has 3 aromatic heterocycles. The number of rotatable bonds is 6. The van der Waals surface area contributed by atoms with Crippen molar-refractivity contribution in [3.8, 4) is 17.2 Å². The minimum absolute atomic E-state index is 0.0154. The van der Waals surface area contributed by atoms with Crippen LogP contribution < -0.4 is 5.32 Å². The number of Topliss-reactive ketones (excluding diaryl/α,β-unsaturated/α-hetero) is 1. The Kier molecular flexibility index (Phi) is 5.42. The first-order valence-corrected chi connectivity index (χ1v) is 10.1. The van der Waals surface area contributed by atoms with Gasteiger partial charge in [0.15, 0.2) is 5.78 Å². The first-order valence-electron chi connectivity index (χ1n) is 10.1. The zero-order valence-electron chi connectivity index (χ0n) is 17.1. The average molecular weight is 417 g/mol. The molecule has 8 heteroatoms. The van der Waals surface area contributed by atoms with Gasteiger partial charge in [-0.3, -0.25) is 14.6 Å². The van der Waals surface area contributed by atoms with Gasteiger partial charge >= 0.3 is 0 Å². The summed E-state index contributed by atoms with van der Waals surface area (Å²) in [7, 11) is 0. The van der Waals surface area contributed by atoms with Crippen molar-refractivity contribution in [2.75, 3.05) is 5.32 Å². The van der Waals surface area contributed by atoms with Gasteiger partial charge in [-0.15, -0.1) is 0 Å². The molecule has 0 bridgehead atoms. The Morgan fingerprint density at radius 1 is 1.23 bits per heavy atom. The standard InChI is InChI=1S/C23H20FN5O2/c1-3-4-21(30)19-5-12(2)16(11-26-19)14-6-13-10-27-22(8-18(13)28-20(14)9-25)29-23(31)15-7-17(15)24/h5-6,8,10-11,15,17H,3-4,7H2,1-2H3,(H,27,29,31)/t15-,17+/m1/s1. The fourth-order valence-electron chi connectivity index (χ4n) is 3.43. The molecule has 3 heterocycles. The van der Waals surface area contributed by atoms with Crippen LogP contribution in [0.15, 0.2) is 30.6 Å². The lowest BCUT2D eigenvalue weighted by Gasteiger charge is -2.11. The SMILES string of the molecule is CCCC(=O)c1cc(C)c(-c2cc3cnc(NC(=O)[C@@H]4C[C@@H]4F)cc3nc2C#N)cn1. The minimum atomic E-state index is -1.09. The number of halogens is 1. The molecule has 3 aromatic rings. The molecule has 31 heavy (non-hydrogen) atoms. The highest BCUT2D eigenvalue weighted by Gasteiger charge is 2.43. The molecular weight excluding hydrogens is 397 g/mol. The average Bonchev–Trinajstić information content (AvgIpc) is 3.49. The van der Waals surface area contributed by atoms with E-state index < -0.39 is 18.0 Å². The molecule has 0 radical (unpaired) electrons. The number of nitriles is 1. The fourth-order valence-corrected chi connectivity index (χ4v) is 3.43. The molecule has 1 saturated carbocycles. The number of fused-ring (bicyclic) bond motifs is 1. The van der Waals surface area contributed by atoms with Crippen molar-refractivity contribution in [1.29, 1.82) is 5.26 Å². The Labute approximate surface area is 178 Å². The number of hydrogen-bond donors (Lipinski definition) is 1. The number of hydrogen-bond acceptors (Lipinski definition) is 6. The number of carbonyl (C=O) groups is 2. The summed E-state index contributed by atoms with van der Waals surface area (Å²) >= 11 is 0. The number of ketones is 1. The molecule has 0 spiro atoms. The smallest absolute Gasteiger partial charge is 0.231 e. The molecule has 4 rings (SSSR count). The molecule has 0 aromatic carbocycles. The van der Waals surface area contributed by atoms with E-state index in [1.54, 1.807) is 30.6 Å². The summed E-state index contributed by atoms with van der Waals surface area (Å²) in [5.74, 6) is -0.781. The molecule has 7 nitrogen and oxygen atoms in total. The maximum atomic E-state index is 13.1. The second-order valence-electron chi connectivity index (χ2n) is 7.66. The molecular formula is C23H20FN5O2. The Balaban J connectivity index is 1.69. The van der Waals surface area contributed by atoms with Gasteiger partial charge < -0.3 is 5.32 Å². The summed E-state index contributed by atoms with van der Waals surface area (Å²) < 4.78 is 13.1. The van der Waals surface area contributed by atoms with E-state index in [1.165, 1.54) is 0 Å². The normalized spacial score (nSPS) is 17.2. The Morgan fingerprint density at radius 3 is 2.65 bits per heavy atom. The highest BCUT2D eigenvalue weighted by atomic mass is 19.1. The summed E-state index contributed by atoms with van der Waals surface area (Å²) in [6.07, 6.45) is 3.46. The highest BCUT2D eigenvalue weighted by molar-refractivity contribution is 5.97. The van der Waals surface area contributed by atoms with E-state index in [2.05, 4.69) is 26.3 Å². The third-order valence-corrected chi connectivity index (χ3v) is 5.27. The number of amides is 1. The second-order valence-corrected chi connectivity index (χ2v) is 7.66. The lowest BCUT2D eigenvalue weighted by atomic mass is 9.98. The lowest BCUT2D eigenvalue weighted by molar-refractivity contribution is -0.117. The summed E-state index contributed by atoms with van der Waals surface area (Å²) in [5.41, 5.74) is 3.20. The van der Waals surface area contributed by atoms with Gasteiger partial charge in [0.05, 0.1) is 11.4 Å². The van der Waals surface area contributed by atoms with Gasteiger partial charge in [-0.2, -0.15) is 5.26 Å². The molecule has 1 aliphatic rings. The predicted molar refractivity (Wildman–Crippen MR) is 113 cm³/mol. The summed E-state index contributed by atoms with van der Waals surface area (Å²) in [6.45, 7) is 3.80. The van der Waals surface area contributed by atoms with Crippen molar-refractivity contribution in [2.24, 2.45) is 5.92 Å². The number of aryl methyl sites for hydroxylation is 1. The van der Waals surface area contributed by atoms with Gasteiger partial charge in [0.25, 0.3) is 0 Å². The number of carbonyl (C=O) groups excluding carboxylic acids is 2. The van der Waals surface area contributed by atoms with Crippen molar-refractivity contribution in [3.63, 3.8) is 0 Å². The van der Waals surface area contributed by atoms with Gasteiger partial charge in [0, 0.05) is 41.4 Å². The van der Waals surface area contributed by atoms with Crippen LogP contribution in [0.2, 0.25) is 0 Å². The molecule has 2 atom stereocenters. The molecule has 0 unspecified atom stereocenters. The van der Waals surface area contributed by atoms with E-state index in [9.17, 15) is 19.2 Å². The van der Waals surface area contributed by atoms with E-state index in [1.807, 2.05) is 13.8 Å². The highest BCUT2D eigenvalue weighted by Crippen LogP contribution is 2.35. The van der Waals surface area contributed by atoms with Crippen LogP contribution in [0.1, 0.15) is 47.9 Å². The first-order chi connectivity index (χ1) is 14.9. The first kappa shape index (κ1) is 20.5. The Bertz CT molecular complexity index is 1250. The van der Waals surface area contributed by atoms with Crippen molar-refractivity contribution in [2.45, 2.75) is 39.3 Å². The summed E-state index contributed by atoms with van der Waals surface area (Å²) in [6, 6.07) is 7.18. The molecule has 156 valence electrons. The van der Waals surface area contributed by atoms with Crippen molar-refractivity contribution < 1.29 is 14.0 Å². The van der Waals surface area contributed by atoms with Crippen molar-refractivity contribution in [3.05, 3.63) is 47.5 Å². The zero-order chi connectivity index (χ0) is 22.1. The third-order valence-electron chi connectivity index (χ3n) is 5.27. The maximum absolute atomic E-state index is 13.1. The van der Waals surface area contributed by atoms with Crippen LogP contribution >= 0.6 is 0 Å². The number of nitrogens with one attached hydrogen (secondary N) is 1. The van der Waals surface area contributed by atoms with Gasteiger partial charge in [-0.05, 0) is 37.5 Å². The molecule has 0 aliphatic heterocycles. The number of anilines is 1. The maximum Gasteiger partial charge on any atom is 0.231 e. The third kappa shape index (κ3) is 4.12. The van der Waals surface area contributed by atoms with E-state index in [-0.39, 0.29) is 23.7 Å². The van der Waals surface area contributed by atoms with Crippen LogP contribution in [0.5, 0.6) is 0 Å². The van der Waals surface area contributed by atoms with Crippen LogP contribution in [0.4, 0.5) is 10.2 Å². The van der Waals surface area contributed by atoms with Gasteiger partial charge in [-0.1, -0.05) is 6.92 Å². The monoisotopic (exact) mass is 417 g/mol. The van der Waals surface area contributed by atoms with E-state index >= 15 is 0 Å². The number of nitrogens with zero attached hydrogens (tertiary/aromatic N) is 4. The lowest BCUT2D eigenvalue weighted by Crippen LogP contribution is -2.15. The summed E-state index contributed by atoms with van der Waals surface area (Å²) in [5, 5.41) is 12.9. The molecule has 1 amide bonds. The van der Waals surface area contributed by atoms with Crippen LogP contribution in [0.3, 0.4) is 0 Å². The molecule has 0 saturated heterocycles. The predicted octanol–water partition coefficient (Wildman–Crippen LogP) is 4.15. The van der Waals surface area contributed by atoms with Crippen molar-refractivity contribution in [1.82, 2.24) is 15.0 Å². The molecule has 1 aliphatic carbocycles. The van der Waals surface area contributed by atoms with E-state index in [4.69, 9.17) is 0 Å². The van der Waals surface area contributed by atoms with Crippen LogP contribution in [-0.4, -0.2) is 32.8 Å². The van der Waals surface area contributed by atoms with Gasteiger partial charge in [-0.25, -0.2) is 14.4 Å². The van der Waals surface area contributed by atoms with Crippen LogP contribution in [-0.2, 0) is 4.79 Å². The van der Waals surface area contributed by atoms with Crippen LogP contribution in [0, 0.1) is 24.2 Å². The topological polar surface area (TPSA) is 109 Å². The van der Waals surface area contributed by atoms with Gasteiger partial charge in [0.2, 0.25) is 5.91 Å². The van der Waals surface area contributed by atoms with Crippen molar-refractivity contribution >= 4 is 28.4 Å². The van der Waals surface area contributed by atoms with E-state index in [0.29, 0.717) is 34.1 Å². The fraction of sp³-hybridized carbons (Fsp3) is 0.304. The summed E-state index contributed by atoms with van der Waals surface area (Å²) in [4.78, 5) is 37.0. The second kappa shape index (κ2) is 8.19. The Morgan fingerprint density at radius 2 is 2.00 bits per heavy atom. The van der Waals surface area contributed by atoms with Gasteiger partial charge in [0.1, 0.15) is 29.4 Å². The largest absolute Gasteiger partial charge is 0.310 e. The quantitative estimate of drug-likeness (QED) is 0.604. The number of pyridine rings is 3. The molecule has 1 fully saturated rings. The van der Waals surface area contributed by atoms with Crippen LogP contribution in [0.25, 0.3) is 22.0 Å². The van der Waals surface area contributed by atoms with E-state index in [0.717, 1.165) is 12.0 Å². The minimum Gasteiger partial charge on any atom is -0.310 e. The number of alkyl halides is 1.